The summed E-state index contributed by atoms with van der Waals surface area (Å²) in [6.07, 6.45) is -3.60. The van der Waals surface area contributed by atoms with E-state index in [4.69, 9.17) is 5.26 Å². The molecule has 0 unspecified atom stereocenters. The Kier molecular flexibility index (Phi) is 5.71. The number of hydrogen-bond acceptors (Lipinski definition) is 5. The number of fused-ring (bicyclic) bond motifs is 1. The number of alkyl halides is 4. The molecule has 1 aromatic heterocycles. The lowest BCUT2D eigenvalue weighted by Gasteiger charge is -2.23. The second-order valence-electron chi connectivity index (χ2n) is 7.95. The van der Waals surface area contributed by atoms with Gasteiger partial charge in [-0.1, -0.05) is 0 Å². The first-order valence-corrected chi connectivity index (χ1v) is 10.0. The molecule has 4 rings (SSSR count). The first-order valence-electron chi connectivity index (χ1n) is 10.0. The zero-order chi connectivity index (χ0) is 22.2. The summed E-state index contributed by atoms with van der Waals surface area (Å²) in [6.45, 7) is 1.15. The van der Waals surface area contributed by atoms with Crippen LogP contribution in [0, 0.1) is 11.3 Å². The van der Waals surface area contributed by atoms with Gasteiger partial charge in [-0.15, -0.1) is 0 Å². The summed E-state index contributed by atoms with van der Waals surface area (Å²) in [6, 6.07) is 6.80. The molecule has 6 nitrogen and oxygen atoms in total. The highest BCUT2D eigenvalue weighted by Crippen LogP contribution is 2.36. The van der Waals surface area contributed by atoms with Crippen LogP contribution in [-0.4, -0.2) is 65.1 Å². The predicted octanol–water partition coefficient (Wildman–Crippen LogP) is 3.20. The Hall–Kier alpha value is -2.93. The minimum atomic E-state index is -4.49. The van der Waals surface area contributed by atoms with Crippen LogP contribution in [0.4, 0.5) is 23.2 Å². The van der Waals surface area contributed by atoms with Crippen LogP contribution in [0.15, 0.2) is 30.5 Å². The second kappa shape index (κ2) is 8.30. The van der Waals surface area contributed by atoms with Crippen molar-refractivity contribution in [3.63, 3.8) is 0 Å². The molecule has 0 radical (unpaired) electrons. The number of amides is 1. The number of halogens is 4. The number of nitriles is 1. The first-order chi connectivity index (χ1) is 14.8. The third-order valence-electron chi connectivity index (χ3n) is 5.79. The van der Waals surface area contributed by atoms with Crippen molar-refractivity contribution in [3.8, 4) is 6.07 Å². The smallest absolute Gasteiger partial charge is 0.380 e. The average Bonchev–Trinajstić information content (AvgIpc) is 3.33. The number of aromatic nitrogens is 1. The number of carbonyl (C=O) groups is 1. The van der Waals surface area contributed by atoms with Crippen molar-refractivity contribution in [1.29, 1.82) is 5.26 Å². The normalized spacial score (nSPS) is 24.5. The molecule has 1 aromatic carbocycles. The van der Waals surface area contributed by atoms with Crippen LogP contribution >= 0.6 is 0 Å². The lowest BCUT2D eigenvalue weighted by Crippen LogP contribution is -2.42. The fourth-order valence-corrected chi connectivity index (χ4v) is 4.31. The molecule has 2 fully saturated rings. The Morgan fingerprint density at radius 3 is 2.84 bits per heavy atom. The van der Waals surface area contributed by atoms with Gasteiger partial charge in [0, 0.05) is 42.8 Å². The summed E-state index contributed by atoms with van der Waals surface area (Å²) in [5, 5.41) is 12.8. The maximum Gasteiger partial charge on any atom is 0.418 e. The highest BCUT2D eigenvalue weighted by molar-refractivity contribution is 5.93. The largest absolute Gasteiger partial charge is 0.418 e. The molecule has 31 heavy (non-hydrogen) atoms. The number of benzene rings is 1. The Bertz CT molecular complexity index is 1020. The Labute approximate surface area is 176 Å². The molecule has 3 heterocycles. The molecule has 1 amide bonds. The first kappa shape index (κ1) is 21.3. The van der Waals surface area contributed by atoms with E-state index in [0.717, 1.165) is 6.07 Å². The van der Waals surface area contributed by atoms with Crippen LogP contribution < -0.4 is 5.32 Å². The summed E-state index contributed by atoms with van der Waals surface area (Å²) in [4.78, 5) is 19.6. The van der Waals surface area contributed by atoms with Gasteiger partial charge < -0.3 is 10.2 Å². The van der Waals surface area contributed by atoms with E-state index >= 15 is 0 Å². The van der Waals surface area contributed by atoms with Crippen molar-refractivity contribution in [2.75, 3.05) is 31.5 Å². The van der Waals surface area contributed by atoms with Gasteiger partial charge in [-0.2, -0.15) is 18.4 Å². The van der Waals surface area contributed by atoms with E-state index in [2.05, 4.69) is 10.3 Å². The molecule has 2 aliphatic rings. The molecule has 3 atom stereocenters. The van der Waals surface area contributed by atoms with E-state index in [-0.39, 0.29) is 37.0 Å². The van der Waals surface area contributed by atoms with Gasteiger partial charge in [-0.25, -0.2) is 4.39 Å². The van der Waals surface area contributed by atoms with E-state index in [9.17, 15) is 22.4 Å². The van der Waals surface area contributed by atoms with Gasteiger partial charge in [-0.05, 0) is 30.7 Å². The summed E-state index contributed by atoms with van der Waals surface area (Å²) in [5.74, 6) is -0.281. The zero-order valence-electron chi connectivity index (χ0n) is 16.6. The van der Waals surface area contributed by atoms with Crippen LogP contribution in [0.5, 0.6) is 0 Å². The highest BCUT2D eigenvalue weighted by Gasteiger charge is 2.37. The van der Waals surface area contributed by atoms with Crippen molar-refractivity contribution in [3.05, 3.63) is 36.0 Å². The summed E-state index contributed by atoms with van der Waals surface area (Å²) in [7, 11) is 0. The molecule has 2 aliphatic heterocycles. The quantitative estimate of drug-likeness (QED) is 0.747. The van der Waals surface area contributed by atoms with Crippen molar-refractivity contribution < 1.29 is 22.4 Å². The fraction of sp³-hybridized carbons (Fsp3) is 0.476. The Morgan fingerprint density at radius 1 is 1.29 bits per heavy atom. The zero-order valence-corrected chi connectivity index (χ0v) is 16.6. The minimum absolute atomic E-state index is 0.0431. The number of anilines is 1. The standard InChI is InChI=1S/C21H21F4N5O/c22-13-8-15(9-26)30(10-13)19(31)12-29-7-5-14(11-29)28-18-4-3-17(21(23,24)25)20-16(18)2-1-6-27-20/h1-4,6,13-15,28H,5,7-8,10-12H2/t13-,14+,15-/m0/s1. The number of likely N-dealkylation sites (tertiary alicyclic amines) is 2. The maximum absolute atomic E-state index is 13.6. The van der Waals surface area contributed by atoms with E-state index in [1.54, 1.807) is 12.1 Å². The van der Waals surface area contributed by atoms with E-state index < -0.39 is 24.0 Å². The van der Waals surface area contributed by atoms with Gasteiger partial charge in [-0.3, -0.25) is 14.7 Å². The van der Waals surface area contributed by atoms with Crippen molar-refractivity contribution in [2.24, 2.45) is 0 Å². The number of rotatable bonds is 4. The maximum atomic E-state index is 13.6. The summed E-state index contributed by atoms with van der Waals surface area (Å²) >= 11 is 0. The van der Waals surface area contributed by atoms with E-state index in [1.807, 2.05) is 11.0 Å². The Balaban J connectivity index is 1.43. The second-order valence-corrected chi connectivity index (χ2v) is 7.95. The molecule has 0 spiro atoms. The molecular weight excluding hydrogens is 414 g/mol. The molecule has 164 valence electrons. The molecule has 1 N–H and O–H groups in total. The van der Waals surface area contributed by atoms with Crippen LogP contribution in [-0.2, 0) is 11.0 Å². The number of hydrogen-bond donors (Lipinski definition) is 1. The van der Waals surface area contributed by atoms with E-state index in [0.29, 0.717) is 30.6 Å². The minimum Gasteiger partial charge on any atom is -0.380 e. The molecule has 0 saturated carbocycles. The van der Waals surface area contributed by atoms with Gasteiger partial charge in [0.2, 0.25) is 5.91 Å². The summed E-state index contributed by atoms with van der Waals surface area (Å²) in [5.41, 5.74) is -0.336. The molecule has 2 saturated heterocycles. The molecule has 0 bridgehead atoms. The summed E-state index contributed by atoms with van der Waals surface area (Å²) < 4.78 is 53.4. The van der Waals surface area contributed by atoms with Crippen molar-refractivity contribution in [2.45, 2.75) is 37.3 Å². The van der Waals surface area contributed by atoms with Gasteiger partial charge in [0.05, 0.1) is 30.2 Å². The molecule has 0 aliphatic carbocycles. The van der Waals surface area contributed by atoms with Crippen LogP contribution in [0.1, 0.15) is 18.4 Å². The SMILES string of the molecule is N#C[C@@H]1C[C@H](F)CN1C(=O)CN1CC[C@@H](Nc2ccc(C(F)(F)F)c3ncccc23)C1. The average molecular weight is 435 g/mol. The van der Waals surface area contributed by atoms with E-state index in [1.165, 1.54) is 17.2 Å². The van der Waals surface area contributed by atoms with Gasteiger partial charge in [0.15, 0.2) is 0 Å². The number of nitrogens with zero attached hydrogens (tertiary/aromatic N) is 4. The molecule has 10 heteroatoms. The molecule has 2 aromatic rings. The highest BCUT2D eigenvalue weighted by atomic mass is 19.4. The van der Waals surface area contributed by atoms with Gasteiger partial charge in [0.1, 0.15) is 12.2 Å². The third-order valence-corrected chi connectivity index (χ3v) is 5.79. The molecular formula is C21H21F4N5O. The van der Waals surface area contributed by atoms with Crippen molar-refractivity contribution >= 4 is 22.5 Å². The monoisotopic (exact) mass is 435 g/mol. The lowest BCUT2D eigenvalue weighted by atomic mass is 10.1. The van der Waals surface area contributed by atoms with Gasteiger partial charge in [0.25, 0.3) is 0 Å². The number of carbonyl (C=O) groups excluding carboxylic acids is 1. The predicted molar refractivity (Wildman–Crippen MR) is 106 cm³/mol. The topological polar surface area (TPSA) is 72.3 Å². The third kappa shape index (κ3) is 4.42. The number of pyridine rings is 1. The van der Waals surface area contributed by atoms with Crippen LogP contribution in [0.3, 0.4) is 0 Å². The van der Waals surface area contributed by atoms with Crippen LogP contribution in [0.2, 0.25) is 0 Å². The lowest BCUT2D eigenvalue weighted by molar-refractivity contribution is -0.136. The Morgan fingerprint density at radius 2 is 2.10 bits per heavy atom. The number of nitrogens with one attached hydrogen (secondary N) is 1. The van der Waals surface area contributed by atoms with Gasteiger partial charge >= 0.3 is 6.18 Å². The fourth-order valence-electron chi connectivity index (χ4n) is 4.31. The van der Waals surface area contributed by atoms with Crippen LogP contribution in [0.25, 0.3) is 10.9 Å². The van der Waals surface area contributed by atoms with Crippen molar-refractivity contribution in [1.82, 2.24) is 14.8 Å².